The van der Waals surface area contributed by atoms with Gasteiger partial charge in [0.2, 0.25) is 15.9 Å². The zero-order valence-electron chi connectivity index (χ0n) is 18.3. The first-order chi connectivity index (χ1) is 15.3. The molecule has 7 nitrogen and oxygen atoms in total. The monoisotopic (exact) mass is 479 g/mol. The molecule has 0 radical (unpaired) electrons. The van der Waals surface area contributed by atoms with Crippen LogP contribution in [0, 0.1) is 5.92 Å². The summed E-state index contributed by atoms with van der Waals surface area (Å²) >= 11 is 6.59. The Balaban J connectivity index is 1.26. The minimum atomic E-state index is -3.65. The summed E-state index contributed by atoms with van der Waals surface area (Å²) in [5.74, 6) is 0.650. The van der Waals surface area contributed by atoms with Gasteiger partial charge in [0.25, 0.3) is 0 Å². The van der Waals surface area contributed by atoms with Crippen LogP contribution in [0.2, 0.25) is 5.02 Å². The van der Waals surface area contributed by atoms with Crippen molar-refractivity contribution >= 4 is 38.4 Å². The molecule has 1 aliphatic heterocycles. The summed E-state index contributed by atoms with van der Waals surface area (Å²) in [4.78, 5) is 14.9. The average Bonchev–Trinajstić information content (AvgIpc) is 3.60. The van der Waals surface area contributed by atoms with Gasteiger partial charge in [-0.15, -0.1) is 0 Å². The first kappa shape index (κ1) is 22.2. The number of sulfonamides is 1. The number of halogens is 1. The van der Waals surface area contributed by atoms with E-state index in [1.165, 1.54) is 0 Å². The van der Waals surface area contributed by atoms with Gasteiger partial charge in [0.15, 0.2) is 0 Å². The molecule has 5 rings (SSSR count). The van der Waals surface area contributed by atoms with Crippen molar-refractivity contribution in [3.8, 4) is 0 Å². The van der Waals surface area contributed by atoms with Crippen molar-refractivity contribution in [2.45, 2.75) is 55.4 Å². The topological polar surface area (TPSA) is 80.6 Å². The summed E-state index contributed by atoms with van der Waals surface area (Å²) in [6.45, 7) is 2.50. The lowest BCUT2D eigenvalue weighted by atomic mass is 9.85. The Morgan fingerprint density at radius 2 is 1.78 bits per heavy atom. The maximum atomic E-state index is 13.1. The standard InChI is InChI=1S/C23H30ClN3O4S/c1-26-20-14-18(8-9-19(20)21(24)22(26)15-2-3-15)32(29,30)25-17-6-4-16(5-7-17)23(28)27-10-12-31-13-11-27/h8-9,14-17,25H,2-7,10-13H2,1H3. The fourth-order valence-electron chi connectivity index (χ4n) is 5.15. The highest BCUT2D eigenvalue weighted by molar-refractivity contribution is 7.89. The maximum Gasteiger partial charge on any atom is 0.240 e. The predicted molar refractivity (Wildman–Crippen MR) is 123 cm³/mol. The Kier molecular flexibility index (Phi) is 5.99. The van der Waals surface area contributed by atoms with Gasteiger partial charge in [-0.3, -0.25) is 4.79 Å². The molecule has 3 fully saturated rings. The Morgan fingerprint density at radius 1 is 1.09 bits per heavy atom. The van der Waals surface area contributed by atoms with Gasteiger partial charge in [0, 0.05) is 49.1 Å². The normalized spacial score (nSPS) is 24.8. The molecule has 1 saturated heterocycles. The number of morpholine rings is 1. The van der Waals surface area contributed by atoms with Gasteiger partial charge in [0.1, 0.15) is 0 Å². The number of nitrogens with zero attached hydrogens (tertiary/aromatic N) is 2. The van der Waals surface area contributed by atoms with Gasteiger partial charge in [-0.2, -0.15) is 0 Å². The van der Waals surface area contributed by atoms with E-state index >= 15 is 0 Å². The van der Waals surface area contributed by atoms with Gasteiger partial charge >= 0.3 is 0 Å². The van der Waals surface area contributed by atoms with E-state index in [1.807, 2.05) is 22.6 Å². The Labute approximate surface area is 194 Å². The minimum absolute atomic E-state index is 0.0171. The molecule has 0 bridgehead atoms. The number of aromatic nitrogens is 1. The van der Waals surface area contributed by atoms with Crippen LogP contribution in [0.3, 0.4) is 0 Å². The highest BCUT2D eigenvalue weighted by Gasteiger charge is 2.33. The number of amides is 1. The first-order valence-corrected chi connectivity index (χ1v) is 13.4. The van der Waals surface area contributed by atoms with Gasteiger partial charge in [0.05, 0.1) is 28.6 Å². The molecule has 174 valence electrons. The van der Waals surface area contributed by atoms with Crippen LogP contribution < -0.4 is 4.72 Å². The molecule has 0 unspecified atom stereocenters. The average molecular weight is 480 g/mol. The lowest BCUT2D eigenvalue weighted by molar-refractivity contribution is -0.140. The molecule has 2 aliphatic carbocycles. The number of rotatable bonds is 5. The fourth-order valence-corrected chi connectivity index (χ4v) is 6.92. The number of carbonyl (C=O) groups excluding carboxylic acids is 1. The number of ether oxygens (including phenoxy) is 1. The minimum Gasteiger partial charge on any atom is -0.378 e. The van der Waals surface area contributed by atoms with E-state index in [-0.39, 0.29) is 22.8 Å². The van der Waals surface area contributed by atoms with E-state index in [0.717, 1.165) is 34.5 Å². The first-order valence-electron chi connectivity index (χ1n) is 11.5. The molecule has 32 heavy (non-hydrogen) atoms. The van der Waals surface area contributed by atoms with Gasteiger partial charge in [-0.1, -0.05) is 11.6 Å². The number of benzene rings is 1. The van der Waals surface area contributed by atoms with Gasteiger partial charge < -0.3 is 14.2 Å². The third-order valence-corrected chi connectivity index (χ3v) is 9.06. The van der Waals surface area contributed by atoms with Crippen LogP contribution in [-0.4, -0.2) is 56.1 Å². The molecule has 1 aromatic heterocycles. The number of nitrogens with one attached hydrogen (secondary N) is 1. The van der Waals surface area contributed by atoms with E-state index in [4.69, 9.17) is 16.3 Å². The fraction of sp³-hybridized carbons (Fsp3) is 0.609. The summed E-state index contributed by atoms with van der Waals surface area (Å²) in [6.07, 6.45) is 5.02. The van der Waals surface area contributed by atoms with Crippen molar-refractivity contribution < 1.29 is 17.9 Å². The van der Waals surface area contributed by atoms with E-state index in [0.29, 0.717) is 57.9 Å². The van der Waals surface area contributed by atoms with Crippen molar-refractivity contribution in [2.24, 2.45) is 13.0 Å². The SMILES string of the molecule is Cn1c(C2CC2)c(Cl)c2ccc(S(=O)(=O)NC3CCC(C(=O)N4CCOCC4)CC3)cc21. The molecule has 2 heterocycles. The highest BCUT2D eigenvalue weighted by atomic mass is 35.5. The molecule has 1 amide bonds. The number of carbonyl (C=O) groups is 1. The predicted octanol–water partition coefficient (Wildman–Crippen LogP) is 3.41. The van der Waals surface area contributed by atoms with Crippen LogP contribution in [0.15, 0.2) is 23.1 Å². The van der Waals surface area contributed by atoms with Crippen LogP contribution in [0.25, 0.3) is 10.9 Å². The van der Waals surface area contributed by atoms with Gasteiger partial charge in [-0.25, -0.2) is 13.1 Å². The van der Waals surface area contributed by atoms with Crippen molar-refractivity contribution in [1.82, 2.24) is 14.2 Å². The summed E-state index contributed by atoms with van der Waals surface area (Å²) in [7, 11) is -1.70. The van der Waals surface area contributed by atoms with Crippen LogP contribution in [0.5, 0.6) is 0 Å². The van der Waals surface area contributed by atoms with Crippen LogP contribution in [-0.2, 0) is 26.6 Å². The zero-order valence-corrected chi connectivity index (χ0v) is 19.9. The Hall–Kier alpha value is -1.61. The number of aryl methyl sites for hydroxylation is 1. The van der Waals surface area contributed by atoms with E-state index in [2.05, 4.69) is 4.72 Å². The van der Waals surface area contributed by atoms with Crippen LogP contribution >= 0.6 is 11.6 Å². The highest BCUT2D eigenvalue weighted by Crippen LogP contribution is 2.46. The van der Waals surface area contributed by atoms with E-state index < -0.39 is 10.0 Å². The molecule has 3 aliphatic rings. The maximum absolute atomic E-state index is 13.1. The summed E-state index contributed by atoms with van der Waals surface area (Å²) < 4.78 is 36.5. The number of fused-ring (bicyclic) bond motifs is 1. The lowest BCUT2D eigenvalue weighted by Gasteiger charge is -2.34. The molecule has 0 spiro atoms. The summed E-state index contributed by atoms with van der Waals surface area (Å²) in [5, 5.41) is 1.64. The van der Waals surface area contributed by atoms with Crippen LogP contribution in [0.4, 0.5) is 0 Å². The summed E-state index contributed by atoms with van der Waals surface area (Å²) in [5.41, 5.74) is 1.95. The second kappa shape index (κ2) is 8.63. The number of hydrogen-bond donors (Lipinski definition) is 1. The lowest BCUT2D eigenvalue weighted by Crippen LogP contribution is -2.46. The zero-order chi connectivity index (χ0) is 22.5. The third kappa shape index (κ3) is 4.18. The Bertz CT molecular complexity index is 1130. The second-order valence-corrected chi connectivity index (χ2v) is 11.4. The van der Waals surface area contributed by atoms with Crippen molar-refractivity contribution in [1.29, 1.82) is 0 Å². The molecule has 9 heteroatoms. The molecular formula is C23H30ClN3O4S. The molecule has 0 atom stereocenters. The van der Waals surface area contributed by atoms with Crippen molar-refractivity contribution in [3.05, 3.63) is 28.9 Å². The molecule has 1 N–H and O–H groups in total. The molecule has 2 saturated carbocycles. The quantitative estimate of drug-likeness (QED) is 0.712. The molecule has 1 aromatic carbocycles. The van der Waals surface area contributed by atoms with Crippen molar-refractivity contribution in [2.75, 3.05) is 26.3 Å². The van der Waals surface area contributed by atoms with E-state index in [1.54, 1.807) is 12.1 Å². The third-order valence-electron chi connectivity index (χ3n) is 7.15. The Morgan fingerprint density at radius 3 is 2.44 bits per heavy atom. The summed E-state index contributed by atoms with van der Waals surface area (Å²) in [6, 6.07) is 5.03. The van der Waals surface area contributed by atoms with Crippen LogP contribution in [0.1, 0.15) is 50.1 Å². The smallest absolute Gasteiger partial charge is 0.240 e. The second-order valence-electron chi connectivity index (χ2n) is 9.32. The number of hydrogen-bond acceptors (Lipinski definition) is 4. The van der Waals surface area contributed by atoms with Gasteiger partial charge in [-0.05, 0) is 56.7 Å². The molecular weight excluding hydrogens is 450 g/mol. The van der Waals surface area contributed by atoms with Crippen molar-refractivity contribution in [3.63, 3.8) is 0 Å². The molecule has 2 aromatic rings. The largest absolute Gasteiger partial charge is 0.378 e. The van der Waals surface area contributed by atoms with E-state index in [9.17, 15) is 13.2 Å².